The Kier molecular flexibility index (Phi) is 3.55. The SMILES string of the molecule is O=C(O)NCC1OB2OCC3=C2C(=C1I)C=COC3. The molecule has 19 heavy (non-hydrogen) atoms. The summed E-state index contributed by atoms with van der Waals surface area (Å²) in [7, 11) is -0.421. The zero-order valence-electron chi connectivity index (χ0n) is 9.89. The lowest BCUT2D eigenvalue weighted by Crippen LogP contribution is -2.41. The molecule has 8 heteroatoms. The van der Waals surface area contributed by atoms with Gasteiger partial charge in [-0.25, -0.2) is 4.79 Å². The van der Waals surface area contributed by atoms with E-state index in [4.69, 9.17) is 19.2 Å². The normalized spacial score (nSPS) is 25.1. The van der Waals surface area contributed by atoms with Gasteiger partial charge in [-0.2, -0.15) is 0 Å². The highest BCUT2D eigenvalue weighted by Crippen LogP contribution is 2.39. The highest BCUT2D eigenvalue weighted by molar-refractivity contribution is 14.1. The summed E-state index contributed by atoms with van der Waals surface area (Å²) in [5.41, 5.74) is 3.15. The van der Waals surface area contributed by atoms with Crippen LogP contribution >= 0.6 is 22.6 Å². The minimum Gasteiger partial charge on any atom is -0.497 e. The molecule has 3 aliphatic heterocycles. The van der Waals surface area contributed by atoms with Gasteiger partial charge in [-0.3, -0.25) is 0 Å². The van der Waals surface area contributed by atoms with Crippen molar-refractivity contribution >= 4 is 35.8 Å². The van der Waals surface area contributed by atoms with Gasteiger partial charge in [-0.05, 0) is 45.3 Å². The minimum absolute atomic E-state index is 0.203. The highest BCUT2D eigenvalue weighted by Gasteiger charge is 2.43. The fourth-order valence-corrected chi connectivity index (χ4v) is 3.15. The molecule has 0 radical (unpaired) electrons. The second-order valence-corrected chi connectivity index (χ2v) is 5.51. The van der Waals surface area contributed by atoms with E-state index in [0.29, 0.717) is 13.2 Å². The second-order valence-electron chi connectivity index (χ2n) is 4.35. The smallest absolute Gasteiger partial charge is 0.495 e. The summed E-state index contributed by atoms with van der Waals surface area (Å²) in [6, 6.07) is 0. The summed E-state index contributed by atoms with van der Waals surface area (Å²) in [5.74, 6) is 0. The maximum absolute atomic E-state index is 10.6. The molecule has 3 heterocycles. The zero-order valence-corrected chi connectivity index (χ0v) is 12.0. The van der Waals surface area contributed by atoms with Crippen molar-refractivity contribution in [2.75, 3.05) is 19.8 Å². The van der Waals surface area contributed by atoms with E-state index in [1.807, 2.05) is 6.08 Å². The molecule has 0 spiro atoms. The Morgan fingerprint density at radius 2 is 2.42 bits per heavy atom. The van der Waals surface area contributed by atoms with E-state index in [-0.39, 0.29) is 12.6 Å². The molecule has 3 rings (SSSR count). The third-order valence-electron chi connectivity index (χ3n) is 3.17. The fourth-order valence-electron chi connectivity index (χ4n) is 2.31. The van der Waals surface area contributed by atoms with Crippen molar-refractivity contribution in [1.29, 1.82) is 0 Å². The Balaban J connectivity index is 1.93. The molecule has 0 aliphatic carbocycles. The van der Waals surface area contributed by atoms with E-state index in [1.54, 1.807) is 6.26 Å². The summed E-state index contributed by atoms with van der Waals surface area (Å²) in [4.78, 5) is 10.6. The molecular weight excluding hydrogens is 364 g/mol. The van der Waals surface area contributed by atoms with Gasteiger partial charge in [0, 0.05) is 3.58 Å². The van der Waals surface area contributed by atoms with Crippen molar-refractivity contribution < 1.29 is 23.9 Å². The van der Waals surface area contributed by atoms with Crippen LogP contribution in [0.2, 0.25) is 0 Å². The molecular formula is C11H11BINO5. The number of carbonyl (C=O) groups is 1. The largest absolute Gasteiger partial charge is 0.497 e. The van der Waals surface area contributed by atoms with E-state index in [1.165, 1.54) is 0 Å². The van der Waals surface area contributed by atoms with Crippen LogP contribution < -0.4 is 5.32 Å². The molecule has 0 aromatic rings. The van der Waals surface area contributed by atoms with Crippen molar-refractivity contribution in [3.05, 3.63) is 32.5 Å². The molecule has 0 fully saturated rings. The predicted molar refractivity (Wildman–Crippen MR) is 75.8 cm³/mol. The van der Waals surface area contributed by atoms with Crippen molar-refractivity contribution in [1.82, 2.24) is 5.32 Å². The van der Waals surface area contributed by atoms with Gasteiger partial charge >= 0.3 is 13.2 Å². The van der Waals surface area contributed by atoms with Crippen LogP contribution in [0.5, 0.6) is 0 Å². The molecule has 0 bridgehead atoms. The standard InChI is InChI=1S/C11H11BINO5/c13-10-7-1-2-17-4-6-5-18-12(9(6)7)19-8(10)3-14-11(15)16/h1-2,8,14H,3-5H2,(H,15,16). The van der Waals surface area contributed by atoms with Crippen LogP contribution in [0, 0.1) is 0 Å². The Morgan fingerprint density at radius 3 is 3.21 bits per heavy atom. The number of ether oxygens (including phenoxy) is 1. The van der Waals surface area contributed by atoms with Crippen LogP contribution in [0.1, 0.15) is 0 Å². The average Bonchev–Trinajstić information content (AvgIpc) is 2.65. The van der Waals surface area contributed by atoms with Crippen LogP contribution in [-0.2, 0) is 14.0 Å². The maximum Gasteiger partial charge on any atom is 0.495 e. The minimum atomic E-state index is -1.06. The molecule has 0 aromatic carbocycles. The summed E-state index contributed by atoms with van der Waals surface area (Å²) >= 11 is 2.19. The predicted octanol–water partition coefficient (Wildman–Crippen LogP) is 1.24. The molecule has 1 unspecified atom stereocenters. The van der Waals surface area contributed by atoms with Gasteiger partial charge in [-0.15, -0.1) is 0 Å². The molecule has 1 amide bonds. The van der Waals surface area contributed by atoms with Gasteiger partial charge in [0.1, 0.15) is 6.61 Å². The molecule has 0 aromatic heterocycles. The molecule has 0 saturated carbocycles. The van der Waals surface area contributed by atoms with Gasteiger partial charge < -0.3 is 24.5 Å². The lowest BCUT2D eigenvalue weighted by Gasteiger charge is -2.28. The first-order valence-electron chi connectivity index (χ1n) is 5.81. The van der Waals surface area contributed by atoms with Gasteiger partial charge in [-0.1, -0.05) is 0 Å². The van der Waals surface area contributed by atoms with Crippen LogP contribution in [0.4, 0.5) is 4.79 Å². The lowest BCUT2D eigenvalue weighted by atomic mass is 9.70. The Labute approximate surface area is 123 Å². The number of rotatable bonds is 2. The van der Waals surface area contributed by atoms with Gasteiger partial charge in [0.05, 0.1) is 25.5 Å². The quantitative estimate of drug-likeness (QED) is 0.561. The van der Waals surface area contributed by atoms with E-state index in [0.717, 1.165) is 20.2 Å². The number of halogens is 1. The molecule has 3 aliphatic rings. The zero-order chi connectivity index (χ0) is 13.4. The molecule has 100 valence electrons. The molecule has 1 atom stereocenters. The number of carboxylic acid groups (broad SMARTS) is 1. The lowest BCUT2D eigenvalue weighted by molar-refractivity contribution is 0.163. The van der Waals surface area contributed by atoms with Crippen molar-refractivity contribution in [2.24, 2.45) is 0 Å². The molecule has 2 N–H and O–H groups in total. The third-order valence-corrected chi connectivity index (χ3v) is 4.45. The summed E-state index contributed by atoms with van der Waals surface area (Å²) in [5, 5.41) is 11.0. The van der Waals surface area contributed by atoms with E-state index in [2.05, 4.69) is 27.9 Å². The first kappa shape index (κ1) is 13.0. The van der Waals surface area contributed by atoms with Gasteiger partial charge in [0.25, 0.3) is 0 Å². The Hall–Kier alpha value is -0.995. The number of hydrogen-bond acceptors (Lipinski definition) is 4. The second kappa shape index (κ2) is 5.18. The number of nitrogens with one attached hydrogen (secondary N) is 1. The Morgan fingerprint density at radius 1 is 1.58 bits per heavy atom. The van der Waals surface area contributed by atoms with Crippen molar-refractivity contribution in [3.8, 4) is 0 Å². The first-order chi connectivity index (χ1) is 9.16. The van der Waals surface area contributed by atoms with Gasteiger partial charge in [0.15, 0.2) is 0 Å². The van der Waals surface area contributed by atoms with Crippen LogP contribution in [0.15, 0.2) is 32.5 Å². The number of allylic oxidation sites excluding steroid dienone is 3. The Bertz CT molecular complexity index is 515. The van der Waals surface area contributed by atoms with Crippen molar-refractivity contribution in [2.45, 2.75) is 6.10 Å². The topological polar surface area (TPSA) is 77.0 Å². The first-order valence-corrected chi connectivity index (χ1v) is 6.88. The summed E-state index contributed by atoms with van der Waals surface area (Å²) < 4.78 is 17.7. The van der Waals surface area contributed by atoms with Gasteiger partial charge in [0.2, 0.25) is 0 Å². The highest BCUT2D eigenvalue weighted by atomic mass is 127. The maximum atomic E-state index is 10.6. The number of amides is 1. The molecule has 0 saturated heterocycles. The van der Waals surface area contributed by atoms with Crippen LogP contribution in [0.25, 0.3) is 0 Å². The van der Waals surface area contributed by atoms with Crippen LogP contribution in [0.3, 0.4) is 0 Å². The third kappa shape index (κ3) is 2.39. The van der Waals surface area contributed by atoms with Crippen LogP contribution in [-0.4, -0.2) is 44.2 Å². The van der Waals surface area contributed by atoms with E-state index < -0.39 is 13.2 Å². The fraction of sp³-hybridized carbons (Fsp3) is 0.364. The average molecular weight is 375 g/mol. The van der Waals surface area contributed by atoms with E-state index >= 15 is 0 Å². The van der Waals surface area contributed by atoms with Crippen molar-refractivity contribution in [3.63, 3.8) is 0 Å². The number of hydrogen-bond donors (Lipinski definition) is 2. The summed E-state index contributed by atoms with van der Waals surface area (Å²) in [6.45, 7) is 1.21. The molecule has 6 nitrogen and oxygen atoms in total. The summed E-state index contributed by atoms with van der Waals surface area (Å²) in [6.07, 6.45) is 2.16. The monoisotopic (exact) mass is 375 g/mol. The van der Waals surface area contributed by atoms with E-state index in [9.17, 15) is 4.79 Å².